The second kappa shape index (κ2) is 8.88. The molecule has 4 rings (SSSR count). The molecule has 0 bridgehead atoms. The molecule has 0 radical (unpaired) electrons. The van der Waals surface area contributed by atoms with Gasteiger partial charge in [-0.3, -0.25) is 4.55 Å². The highest BCUT2D eigenvalue weighted by atomic mass is 32.2. The molecule has 0 heterocycles. The Morgan fingerprint density at radius 2 is 1.21 bits per heavy atom. The summed E-state index contributed by atoms with van der Waals surface area (Å²) in [5.74, 6) is 1.71. The average Bonchev–Trinajstić information content (AvgIpc) is 2.74. The van der Waals surface area contributed by atoms with Gasteiger partial charge < -0.3 is 4.74 Å². The predicted octanol–water partition coefficient (Wildman–Crippen LogP) is 6.82. The Morgan fingerprint density at radius 1 is 0.724 bits per heavy atom. The number of benzene rings is 2. The number of para-hydroxylation sites is 1. The first-order valence-corrected chi connectivity index (χ1v) is 12.3. The standard InChI is InChI=1S/C24H30O4S/c25-29(26,27)24-22(18-10-4-1-5-11-18)16-21(28-20-14-8-3-9-15-20)17-23(24)19-12-6-2-7-13-19/h3,8-9,14-19H,1-2,4-7,10-13H2,(H,25,26,27). The van der Waals surface area contributed by atoms with Crippen molar-refractivity contribution in [3.8, 4) is 11.5 Å². The van der Waals surface area contributed by atoms with E-state index >= 15 is 0 Å². The van der Waals surface area contributed by atoms with Crippen molar-refractivity contribution in [3.05, 3.63) is 53.6 Å². The van der Waals surface area contributed by atoms with Gasteiger partial charge in [-0.1, -0.05) is 56.7 Å². The maximum atomic E-state index is 12.5. The van der Waals surface area contributed by atoms with E-state index in [1.807, 2.05) is 42.5 Å². The van der Waals surface area contributed by atoms with Crippen LogP contribution in [0.5, 0.6) is 11.5 Å². The van der Waals surface area contributed by atoms with Gasteiger partial charge >= 0.3 is 0 Å². The molecule has 0 amide bonds. The maximum Gasteiger partial charge on any atom is 0.295 e. The van der Waals surface area contributed by atoms with Crippen LogP contribution in [0.15, 0.2) is 47.4 Å². The van der Waals surface area contributed by atoms with Gasteiger partial charge in [0.15, 0.2) is 0 Å². The number of ether oxygens (including phenoxy) is 1. The first kappa shape index (κ1) is 20.4. The maximum absolute atomic E-state index is 12.5. The largest absolute Gasteiger partial charge is 0.457 e. The van der Waals surface area contributed by atoms with E-state index in [0.29, 0.717) is 5.75 Å². The van der Waals surface area contributed by atoms with Gasteiger partial charge in [-0.15, -0.1) is 0 Å². The molecule has 0 unspecified atom stereocenters. The first-order valence-electron chi connectivity index (χ1n) is 10.9. The number of hydrogen-bond donors (Lipinski definition) is 1. The molecule has 156 valence electrons. The summed E-state index contributed by atoms with van der Waals surface area (Å²) < 4.78 is 41.4. The fourth-order valence-corrected chi connectivity index (χ4v) is 6.11. The van der Waals surface area contributed by atoms with Crippen LogP contribution in [0.1, 0.15) is 87.2 Å². The summed E-state index contributed by atoms with van der Waals surface area (Å²) in [5, 5.41) is 0. The Labute approximate surface area is 174 Å². The molecule has 2 aromatic rings. The topological polar surface area (TPSA) is 63.6 Å². The summed E-state index contributed by atoms with van der Waals surface area (Å²) in [5.41, 5.74) is 1.50. The Morgan fingerprint density at radius 3 is 1.66 bits per heavy atom. The van der Waals surface area contributed by atoms with Crippen LogP contribution in [0.2, 0.25) is 0 Å². The highest BCUT2D eigenvalue weighted by Crippen LogP contribution is 2.44. The van der Waals surface area contributed by atoms with E-state index in [1.165, 1.54) is 12.8 Å². The van der Waals surface area contributed by atoms with E-state index in [2.05, 4.69) is 0 Å². The lowest BCUT2D eigenvalue weighted by atomic mass is 9.79. The van der Waals surface area contributed by atoms with Crippen LogP contribution in [0, 0.1) is 0 Å². The molecule has 5 heteroatoms. The van der Waals surface area contributed by atoms with Crippen molar-refractivity contribution in [2.45, 2.75) is 80.9 Å². The van der Waals surface area contributed by atoms with Crippen LogP contribution < -0.4 is 4.74 Å². The molecule has 2 aromatic carbocycles. The van der Waals surface area contributed by atoms with E-state index in [1.54, 1.807) is 0 Å². The highest BCUT2D eigenvalue weighted by Gasteiger charge is 2.31. The van der Waals surface area contributed by atoms with Crippen molar-refractivity contribution >= 4 is 10.1 Å². The van der Waals surface area contributed by atoms with Crippen molar-refractivity contribution in [3.63, 3.8) is 0 Å². The molecule has 2 aliphatic carbocycles. The van der Waals surface area contributed by atoms with E-state index in [-0.39, 0.29) is 16.7 Å². The van der Waals surface area contributed by atoms with Gasteiger partial charge in [-0.2, -0.15) is 8.42 Å². The Bertz CT molecular complexity index is 886. The number of rotatable bonds is 5. The zero-order chi connectivity index (χ0) is 20.3. The predicted molar refractivity (Wildman–Crippen MR) is 114 cm³/mol. The Kier molecular flexibility index (Phi) is 6.26. The third kappa shape index (κ3) is 4.84. The molecule has 2 saturated carbocycles. The summed E-state index contributed by atoms with van der Waals surface area (Å²) in [6.07, 6.45) is 10.6. The van der Waals surface area contributed by atoms with Crippen molar-refractivity contribution in [1.29, 1.82) is 0 Å². The van der Waals surface area contributed by atoms with E-state index in [9.17, 15) is 13.0 Å². The molecule has 0 atom stereocenters. The summed E-state index contributed by atoms with van der Waals surface area (Å²) in [6, 6.07) is 13.3. The second-order valence-corrected chi connectivity index (χ2v) is 9.85. The third-order valence-electron chi connectivity index (χ3n) is 6.45. The SMILES string of the molecule is O=S(=O)(O)c1c(C2CCCCC2)cc(Oc2ccccc2)cc1C1CCCCC1. The second-order valence-electron chi connectivity index (χ2n) is 8.49. The van der Waals surface area contributed by atoms with Gasteiger partial charge in [0.1, 0.15) is 16.4 Å². The Balaban J connectivity index is 1.84. The van der Waals surface area contributed by atoms with Crippen molar-refractivity contribution in [2.24, 2.45) is 0 Å². The fraction of sp³-hybridized carbons (Fsp3) is 0.500. The third-order valence-corrected chi connectivity index (χ3v) is 7.43. The smallest absolute Gasteiger partial charge is 0.295 e. The fourth-order valence-electron chi connectivity index (χ4n) is 5.06. The normalized spacial score (nSPS) is 19.2. The van der Waals surface area contributed by atoms with Gasteiger partial charge in [0.25, 0.3) is 10.1 Å². The van der Waals surface area contributed by atoms with Crippen molar-refractivity contribution < 1.29 is 17.7 Å². The molecule has 0 aromatic heterocycles. The van der Waals surface area contributed by atoms with Gasteiger partial charge in [-0.25, -0.2) is 0 Å². The molecule has 4 nitrogen and oxygen atoms in total. The molecule has 2 fully saturated rings. The Hall–Kier alpha value is -1.85. The molecule has 1 N–H and O–H groups in total. The van der Waals surface area contributed by atoms with Gasteiger partial charge in [-0.05, 0) is 72.9 Å². The molecule has 0 saturated heterocycles. The quantitative estimate of drug-likeness (QED) is 0.545. The van der Waals surface area contributed by atoms with Crippen LogP contribution in [-0.4, -0.2) is 13.0 Å². The van der Waals surface area contributed by atoms with Gasteiger partial charge in [0.2, 0.25) is 0 Å². The lowest BCUT2D eigenvalue weighted by Crippen LogP contribution is -2.16. The van der Waals surface area contributed by atoms with Crippen LogP contribution in [0.4, 0.5) is 0 Å². The van der Waals surface area contributed by atoms with Crippen molar-refractivity contribution in [2.75, 3.05) is 0 Å². The molecule has 2 aliphatic rings. The minimum Gasteiger partial charge on any atom is -0.457 e. The zero-order valence-electron chi connectivity index (χ0n) is 16.8. The minimum absolute atomic E-state index is 0.155. The van der Waals surface area contributed by atoms with E-state index in [4.69, 9.17) is 4.74 Å². The van der Waals surface area contributed by atoms with E-state index < -0.39 is 10.1 Å². The van der Waals surface area contributed by atoms with Gasteiger partial charge in [0.05, 0.1) is 0 Å². The van der Waals surface area contributed by atoms with Crippen molar-refractivity contribution in [1.82, 2.24) is 0 Å². The van der Waals surface area contributed by atoms with Crippen LogP contribution >= 0.6 is 0 Å². The molecule has 0 spiro atoms. The molecule has 0 aliphatic heterocycles. The highest BCUT2D eigenvalue weighted by molar-refractivity contribution is 7.86. The van der Waals surface area contributed by atoms with Crippen LogP contribution in [0.3, 0.4) is 0 Å². The summed E-state index contributed by atoms with van der Waals surface area (Å²) in [4.78, 5) is 0.164. The zero-order valence-corrected chi connectivity index (χ0v) is 17.7. The van der Waals surface area contributed by atoms with E-state index in [0.717, 1.165) is 68.2 Å². The lowest BCUT2D eigenvalue weighted by Gasteiger charge is -2.29. The summed E-state index contributed by atoms with van der Waals surface area (Å²) in [6.45, 7) is 0. The average molecular weight is 415 g/mol. The first-order chi connectivity index (χ1) is 14.0. The molecular formula is C24H30O4S. The van der Waals surface area contributed by atoms with Crippen LogP contribution in [0.25, 0.3) is 0 Å². The van der Waals surface area contributed by atoms with Crippen LogP contribution in [-0.2, 0) is 10.1 Å². The minimum atomic E-state index is -4.31. The number of hydrogen-bond acceptors (Lipinski definition) is 3. The summed E-state index contributed by atoms with van der Waals surface area (Å²) in [7, 11) is -4.31. The monoisotopic (exact) mass is 414 g/mol. The molecular weight excluding hydrogens is 384 g/mol. The molecule has 29 heavy (non-hydrogen) atoms. The van der Waals surface area contributed by atoms with Gasteiger partial charge in [0, 0.05) is 0 Å². The lowest BCUT2D eigenvalue weighted by molar-refractivity contribution is 0.413. The summed E-state index contributed by atoms with van der Waals surface area (Å²) >= 11 is 0.